The Morgan fingerprint density at radius 2 is 2.00 bits per heavy atom. The number of nitrogens with zero attached hydrogens (tertiary/aromatic N) is 2. The summed E-state index contributed by atoms with van der Waals surface area (Å²) < 4.78 is 13.3. The first-order valence-corrected chi connectivity index (χ1v) is 7.65. The summed E-state index contributed by atoms with van der Waals surface area (Å²) in [7, 11) is 0. The smallest absolute Gasteiger partial charge is 0.275 e. The minimum atomic E-state index is -0.330. The van der Waals surface area contributed by atoms with Crippen molar-refractivity contribution in [1.29, 1.82) is 0 Å². The average molecular weight is 332 g/mol. The summed E-state index contributed by atoms with van der Waals surface area (Å²) in [6.45, 7) is 0. The number of hydrogen-bond acceptors (Lipinski definition) is 3. The zero-order valence-corrected chi connectivity index (χ0v) is 13.0. The number of carbonyl (C=O) groups excluding carboxylic acids is 1. The lowest BCUT2D eigenvalue weighted by molar-refractivity contribution is 0.102. The maximum Gasteiger partial charge on any atom is 0.275 e. The fraction of sp³-hybridized carbons (Fsp3) is 0. The summed E-state index contributed by atoms with van der Waals surface area (Å²) in [6, 6.07) is 13.9. The fourth-order valence-corrected chi connectivity index (χ4v) is 2.63. The number of aromatic nitrogens is 3. The number of H-pyrrole nitrogens is 1. The van der Waals surface area contributed by atoms with E-state index in [1.54, 1.807) is 12.1 Å². The number of anilines is 1. The molecule has 0 radical (unpaired) electrons. The number of nitrogens with one attached hydrogen (secondary N) is 2. The standard InChI is InChI=1S/C19H13FN4O/c20-14-4-5-16-13(8-14)10-17(24-16)12-2-1-3-15(9-12)23-19(25)18-11-21-6-7-22-18/h1-11,24H,(H,23,25). The molecule has 0 aliphatic carbocycles. The summed E-state index contributed by atoms with van der Waals surface area (Å²) in [6.07, 6.45) is 4.39. The molecule has 2 aromatic carbocycles. The molecule has 0 unspecified atom stereocenters. The van der Waals surface area contributed by atoms with Gasteiger partial charge in [0, 0.05) is 40.2 Å². The van der Waals surface area contributed by atoms with Gasteiger partial charge >= 0.3 is 0 Å². The van der Waals surface area contributed by atoms with Crippen LogP contribution in [0, 0.1) is 5.82 Å². The summed E-state index contributed by atoms with van der Waals surface area (Å²) in [5.74, 6) is -0.605. The van der Waals surface area contributed by atoms with Gasteiger partial charge in [-0.2, -0.15) is 0 Å². The molecule has 5 nitrogen and oxygen atoms in total. The van der Waals surface area contributed by atoms with Gasteiger partial charge in [-0.25, -0.2) is 9.37 Å². The molecule has 1 amide bonds. The van der Waals surface area contributed by atoms with E-state index in [0.717, 1.165) is 22.2 Å². The zero-order chi connectivity index (χ0) is 17.2. The lowest BCUT2D eigenvalue weighted by Crippen LogP contribution is -2.13. The van der Waals surface area contributed by atoms with E-state index in [0.29, 0.717) is 5.69 Å². The Kier molecular flexibility index (Phi) is 3.70. The van der Waals surface area contributed by atoms with Crippen LogP contribution < -0.4 is 5.32 Å². The van der Waals surface area contributed by atoms with E-state index in [2.05, 4.69) is 20.3 Å². The second-order valence-electron chi connectivity index (χ2n) is 5.54. The van der Waals surface area contributed by atoms with Gasteiger partial charge in [-0.05, 0) is 36.4 Å². The number of benzene rings is 2. The molecule has 0 saturated carbocycles. The number of amides is 1. The molecular weight excluding hydrogens is 319 g/mol. The first kappa shape index (κ1) is 15.0. The topological polar surface area (TPSA) is 70.7 Å². The van der Waals surface area contributed by atoms with E-state index in [1.807, 2.05) is 24.3 Å². The number of aromatic amines is 1. The van der Waals surface area contributed by atoms with Crippen molar-refractivity contribution >= 4 is 22.5 Å². The van der Waals surface area contributed by atoms with Crippen molar-refractivity contribution in [2.24, 2.45) is 0 Å². The van der Waals surface area contributed by atoms with Crippen LogP contribution in [-0.2, 0) is 0 Å². The Morgan fingerprint density at radius 1 is 1.08 bits per heavy atom. The minimum absolute atomic E-state index is 0.244. The largest absolute Gasteiger partial charge is 0.355 e. The quantitative estimate of drug-likeness (QED) is 0.595. The predicted molar refractivity (Wildman–Crippen MR) is 93.7 cm³/mol. The van der Waals surface area contributed by atoms with Crippen molar-refractivity contribution in [3.63, 3.8) is 0 Å². The molecule has 0 aliphatic rings. The van der Waals surface area contributed by atoms with E-state index in [1.165, 1.54) is 30.7 Å². The molecule has 2 heterocycles. The Balaban J connectivity index is 1.63. The average Bonchev–Trinajstić information content (AvgIpc) is 3.06. The third kappa shape index (κ3) is 3.10. The molecular formula is C19H13FN4O. The van der Waals surface area contributed by atoms with Gasteiger partial charge in [0.2, 0.25) is 0 Å². The monoisotopic (exact) mass is 332 g/mol. The zero-order valence-electron chi connectivity index (χ0n) is 13.0. The normalized spacial score (nSPS) is 10.8. The highest BCUT2D eigenvalue weighted by Crippen LogP contribution is 2.26. The molecule has 25 heavy (non-hydrogen) atoms. The minimum Gasteiger partial charge on any atom is -0.355 e. The van der Waals surface area contributed by atoms with Crippen LogP contribution in [0.3, 0.4) is 0 Å². The van der Waals surface area contributed by atoms with Crippen LogP contribution in [0.15, 0.2) is 67.1 Å². The lowest BCUT2D eigenvalue weighted by atomic mass is 10.1. The van der Waals surface area contributed by atoms with Crippen molar-refractivity contribution in [2.75, 3.05) is 5.32 Å². The van der Waals surface area contributed by atoms with E-state index in [4.69, 9.17) is 0 Å². The number of carbonyl (C=O) groups is 1. The predicted octanol–water partition coefficient (Wildman–Crippen LogP) is 4.02. The molecule has 0 aliphatic heterocycles. The van der Waals surface area contributed by atoms with Crippen molar-refractivity contribution in [3.8, 4) is 11.3 Å². The van der Waals surface area contributed by atoms with Gasteiger partial charge < -0.3 is 10.3 Å². The molecule has 0 saturated heterocycles. The molecule has 4 aromatic rings. The number of rotatable bonds is 3. The third-order valence-corrected chi connectivity index (χ3v) is 3.81. The van der Waals surface area contributed by atoms with Gasteiger partial charge in [-0.1, -0.05) is 12.1 Å². The SMILES string of the molecule is O=C(Nc1cccc(-c2cc3cc(F)ccc3[nH]2)c1)c1cnccn1. The van der Waals surface area contributed by atoms with E-state index < -0.39 is 0 Å². The first-order valence-electron chi connectivity index (χ1n) is 7.65. The summed E-state index contributed by atoms with van der Waals surface area (Å²) in [5, 5.41) is 3.59. The number of halogens is 1. The van der Waals surface area contributed by atoms with Gasteiger partial charge in [0.1, 0.15) is 11.5 Å². The molecule has 6 heteroatoms. The summed E-state index contributed by atoms with van der Waals surface area (Å²) in [4.78, 5) is 23.3. The second-order valence-corrected chi connectivity index (χ2v) is 5.54. The van der Waals surface area contributed by atoms with Crippen LogP contribution in [-0.4, -0.2) is 20.9 Å². The summed E-state index contributed by atoms with van der Waals surface area (Å²) >= 11 is 0. The molecule has 2 N–H and O–H groups in total. The van der Waals surface area contributed by atoms with Gasteiger partial charge in [0.05, 0.1) is 6.20 Å². The highest BCUT2D eigenvalue weighted by Gasteiger charge is 2.09. The summed E-state index contributed by atoms with van der Waals surface area (Å²) in [5.41, 5.74) is 3.46. The molecule has 4 rings (SSSR count). The van der Waals surface area contributed by atoms with E-state index >= 15 is 0 Å². The van der Waals surface area contributed by atoms with E-state index in [-0.39, 0.29) is 17.4 Å². The van der Waals surface area contributed by atoms with Crippen LogP contribution in [0.5, 0.6) is 0 Å². The number of hydrogen-bond donors (Lipinski definition) is 2. The maximum atomic E-state index is 13.3. The van der Waals surface area contributed by atoms with Crippen molar-refractivity contribution in [2.45, 2.75) is 0 Å². The molecule has 0 spiro atoms. The van der Waals surface area contributed by atoms with Gasteiger partial charge in [-0.15, -0.1) is 0 Å². The van der Waals surface area contributed by atoms with Crippen LogP contribution in [0.25, 0.3) is 22.2 Å². The molecule has 122 valence electrons. The maximum absolute atomic E-state index is 13.3. The molecule has 0 atom stereocenters. The van der Waals surface area contributed by atoms with Crippen LogP contribution in [0.1, 0.15) is 10.5 Å². The number of fused-ring (bicyclic) bond motifs is 1. The lowest BCUT2D eigenvalue weighted by Gasteiger charge is -2.06. The Hall–Kier alpha value is -3.54. The highest BCUT2D eigenvalue weighted by molar-refractivity contribution is 6.03. The van der Waals surface area contributed by atoms with Crippen LogP contribution in [0.2, 0.25) is 0 Å². The van der Waals surface area contributed by atoms with Crippen LogP contribution >= 0.6 is 0 Å². The molecule has 2 aromatic heterocycles. The van der Waals surface area contributed by atoms with Crippen molar-refractivity contribution in [1.82, 2.24) is 15.0 Å². The Labute approximate surface area is 142 Å². The Morgan fingerprint density at radius 3 is 2.84 bits per heavy atom. The second kappa shape index (κ2) is 6.16. The van der Waals surface area contributed by atoms with Gasteiger partial charge in [-0.3, -0.25) is 9.78 Å². The van der Waals surface area contributed by atoms with Gasteiger partial charge in [0.25, 0.3) is 5.91 Å². The van der Waals surface area contributed by atoms with E-state index in [9.17, 15) is 9.18 Å². The van der Waals surface area contributed by atoms with Crippen molar-refractivity contribution < 1.29 is 9.18 Å². The Bertz CT molecular complexity index is 1060. The third-order valence-electron chi connectivity index (χ3n) is 3.81. The van der Waals surface area contributed by atoms with Crippen molar-refractivity contribution in [3.05, 3.63) is 78.6 Å². The fourth-order valence-electron chi connectivity index (χ4n) is 2.63. The highest BCUT2D eigenvalue weighted by atomic mass is 19.1. The molecule has 0 bridgehead atoms. The first-order chi connectivity index (χ1) is 12.2. The molecule has 0 fully saturated rings. The van der Waals surface area contributed by atoms with Gasteiger partial charge in [0.15, 0.2) is 0 Å². The van der Waals surface area contributed by atoms with Crippen LogP contribution in [0.4, 0.5) is 10.1 Å².